The Morgan fingerprint density at radius 1 is 1.11 bits per heavy atom. The normalized spacial score (nSPS) is 24.4. The Morgan fingerprint density at radius 2 is 1.75 bits per heavy atom. The number of carboxylic acid groups (broad SMARTS) is 1. The maximum atomic E-state index is 14.2. The van der Waals surface area contributed by atoms with Gasteiger partial charge in [0.05, 0.1) is 23.1 Å². The molecule has 0 unspecified atom stereocenters. The van der Waals surface area contributed by atoms with Gasteiger partial charge in [0.1, 0.15) is 0 Å². The van der Waals surface area contributed by atoms with E-state index in [2.05, 4.69) is 0 Å². The predicted molar refractivity (Wildman–Crippen MR) is 143 cm³/mol. The van der Waals surface area contributed by atoms with E-state index in [0.29, 0.717) is 16.5 Å². The average Bonchev–Trinajstić information content (AvgIpc) is 2.82. The molecule has 196 valence electrons. The minimum absolute atomic E-state index is 0.0532. The van der Waals surface area contributed by atoms with Crippen molar-refractivity contribution in [2.24, 2.45) is 5.41 Å². The molecule has 1 fully saturated rings. The van der Waals surface area contributed by atoms with Crippen LogP contribution < -0.4 is 0 Å². The number of benzene rings is 2. The van der Waals surface area contributed by atoms with Crippen LogP contribution in [-0.4, -0.2) is 47.3 Å². The molecule has 1 N–H and O–H groups in total. The molecule has 36 heavy (non-hydrogen) atoms. The quantitative estimate of drug-likeness (QED) is 0.403. The van der Waals surface area contributed by atoms with Crippen LogP contribution in [0.2, 0.25) is 10.0 Å². The molecule has 0 spiro atoms. The number of hydrogen-bond donors (Lipinski definition) is 1. The molecule has 9 heteroatoms. The van der Waals surface area contributed by atoms with Crippen LogP contribution in [0.5, 0.6) is 0 Å². The van der Waals surface area contributed by atoms with E-state index in [4.69, 9.17) is 23.2 Å². The fourth-order valence-electron chi connectivity index (χ4n) is 5.50. The van der Waals surface area contributed by atoms with Crippen molar-refractivity contribution < 1.29 is 23.1 Å². The van der Waals surface area contributed by atoms with Gasteiger partial charge in [-0.1, -0.05) is 68.2 Å². The Labute approximate surface area is 223 Å². The highest BCUT2D eigenvalue weighted by Crippen LogP contribution is 2.52. The highest BCUT2D eigenvalue weighted by atomic mass is 35.5. The van der Waals surface area contributed by atoms with Gasteiger partial charge in [-0.25, -0.2) is 8.42 Å². The van der Waals surface area contributed by atoms with Gasteiger partial charge >= 0.3 is 5.97 Å². The van der Waals surface area contributed by atoms with Gasteiger partial charge in [0.15, 0.2) is 9.84 Å². The number of likely N-dealkylation sites (tertiary alicyclic amines) is 1. The van der Waals surface area contributed by atoms with E-state index in [1.807, 2.05) is 37.3 Å². The number of nitrogens with zero attached hydrogens (tertiary/aromatic N) is 1. The number of carbonyl (C=O) groups is 2. The van der Waals surface area contributed by atoms with Gasteiger partial charge in [-0.05, 0) is 55.2 Å². The Morgan fingerprint density at radius 3 is 2.28 bits per heavy atom. The van der Waals surface area contributed by atoms with Crippen molar-refractivity contribution in [1.29, 1.82) is 0 Å². The number of carbonyl (C=O) groups excluding carboxylic acids is 1. The molecule has 0 aromatic heterocycles. The third-order valence-electron chi connectivity index (χ3n) is 7.42. The number of rotatable bonds is 9. The van der Waals surface area contributed by atoms with Crippen LogP contribution in [0.1, 0.15) is 70.0 Å². The molecular weight excluding hydrogens is 521 g/mol. The van der Waals surface area contributed by atoms with Gasteiger partial charge in [-0.3, -0.25) is 9.59 Å². The SMILES string of the molecule is CC[C@@H]([C@@H](C)S(=O)(=O)CC)N1C(=O)[C@@](C)(CC(=O)O)C[C@H](c2cccc(Cl)c2)[C@H]1c1ccc(Cl)cc1. The third kappa shape index (κ3) is 5.74. The van der Waals surface area contributed by atoms with E-state index in [-0.39, 0.29) is 30.4 Å². The summed E-state index contributed by atoms with van der Waals surface area (Å²) in [5.41, 5.74) is 0.428. The maximum absolute atomic E-state index is 14.2. The van der Waals surface area contributed by atoms with E-state index in [0.717, 1.165) is 11.1 Å². The number of carboxylic acids is 1. The van der Waals surface area contributed by atoms with E-state index in [1.54, 1.807) is 43.9 Å². The predicted octanol–water partition coefficient (Wildman–Crippen LogP) is 6.13. The molecule has 2 aromatic rings. The standard InChI is InChI=1S/C27H33Cl2NO5S/c1-5-23(17(3)36(34,35)6-2)30-25(18-10-12-20(28)13-11-18)22(19-8-7-9-21(29)14-19)15-27(4,26(30)33)16-24(31)32/h7-14,17,22-23,25H,5-6,15-16H2,1-4H3,(H,31,32)/t17-,22-,23+,25-,27-/m1/s1. The van der Waals surface area contributed by atoms with Crippen molar-refractivity contribution in [2.75, 3.05) is 5.75 Å². The number of piperidine rings is 1. The first-order valence-corrected chi connectivity index (χ1v) is 14.6. The molecule has 1 amide bonds. The maximum Gasteiger partial charge on any atom is 0.304 e. The molecule has 0 bridgehead atoms. The van der Waals surface area contributed by atoms with Crippen molar-refractivity contribution in [2.45, 2.75) is 70.2 Å². The lowest BCUT2D eigenvalue weighted by atomic mass is 9.67. The summed E-state index contributed by atoms with van der Waals surface area (Å²) in [6.07, 6.45) is 0.299. The molecule has 3 rings (SSSR count). The smallest absolute Gasteiger partial charge is 0.304 e. The van der Waals surface area contributed by atoms with Crippen molar-refractivity contribution in [3.05, 3.63) is 69.7 Å². The van der Waals surface area contributed by atoms with Crippen LogP contribution in [0, 0.1) is 5.41 Å². The van der Waals surface area contributed by atoms with Crippen LogP contribution >= 0.6 is 23.2 Å². The van der Waals surface area contributed by atoms with E-state index in [1.165, 1.54) is 0 Å². The Balaban J connectivity index is 2.30. The monoisotopic (exact) mass is 553 g/mol. The van der Waals surface area contributed by atoms with Crippen LogP contribution in [-0.2, 0) is 19.4 Å². The topological polar surface area (TPSA) is 91.8 Å². The Hall–Kier alpha value is -2.09. The molecule has 1 heterocycles. The molecular formula is C27H33Cl2NO5S. The van der Waals surface area contributed by atoms with Gasteiger partial charge in [0, 0.05) is 27.8 Å². The molecule has 1 saturated heterocycles. The zero-order valence-electron chi connectivity index (χ0n) is 20.9. The highest BCUT2D eigenvalue weighted by molar-refractivity contribution is 7.92. The van der Waals surface area contributed by atoms with Crippen LogP contribution in [0.25, 0.3) is 0 Å². The first kappa shape index (κ1) is 28.5. The van der Waals surface area contributed by atoms with Crippen molar-refractivity contribution >= 4 is 44.9 Å². The summed E-state index contributed by atoms with van der Waals surface area (Å²) in [6.45, 7) is 6.75. The first-order valence-electron chi connectivity index (χ1n) is 12.1. The first-order chi connectivity index (χ1) is 16.8. The number of amides is 1. The Bertz CT molecular complexity index is 1220. The second-order valence-electron chi connectivity index (χ2n) is 9.84. The molecule has 5 atom stereocenters. The fourth-order valence-corrected chi connectivity index (χ4v) is 7.15. The second-order valence-corrected chi connectivity index (χ2v) is 13.4. The van der Waals surface area contributed by atoms with Crippen LogP contribution in [0.4, 0.5) is 0 Å². The Kier molecular flexibility index (Phi) is 8.79. The molecule has 6 nitrogen and oxygen atoms in total. The molecule has 0 aliphatic carbocycles. The van der Waals surface area contributed by atoms with Gasteiger partial charge in [0.2, 0.25) is 5.91 Å². The summed E-state index contributed by atoms with van der Waals surface area (Å²) in [4.78, 5) is 27.8. The minimum Gasteiger partial charge on any atom is -0.481 e. The van der Waals surface area contributed by atoms with Crippen molar-refractivity contribution in [3.8, 4) is 0 Å². The molecule has 1 aliphatic heterocycles. The van der Waals surface area contributed by atoms with Gasteiger partial charge < -0.3 is 10.0 Å². The summed E-state index contributed by atoms with van der Waals surface area (Å²) in [7, 11) is -3.50. The van der Waals surface area contributed by atoms with E-state index < -0.39 is 38.6 Å². The number of hydrogen-bond acceptors (Lipinski definition) is 4. The van der Waals surface area contributed by atoms with Gasteiger partial charge in [-0.2, -0.15) is 0 Å². The second kappa shape index (κ2) is 11.1. The number of sulfone groups is 1. The molecule has 2 aromatic carbocycles. The summed E-state index contributed by atoms with van der Waals surface area (Å²) >= 11 is 12.5. The lowest BCUT2D eigenvalue weighted by molar-refractivity contribution is -0.160. The van der Waals surface area contributed by atoms with Crippen molar-refractivity contribution in [3.63, 3.8) is 0 Å². The van der Waals surface area contributed by atoms with E-state index in [9.17, 15) is 23.1 Å². The number of aliphatic carboxylic acids is 1. The summed E-state index contributed by atoms with van der Waals surface area (Å²) in [6, 6.07) is 13.3. The summed E-state index contributed by atoms with van der Waals surface area (Å²) in [5.74, 6) is -1.81. The zero-order valence-corrected chi connectivity index (χ0v) is 23.3. The van der Waals surface area contributed by atoms with Crippen LogP contribution in [0.3, 0.4) is 0 Å². The largest absolute Gasteiger partial charge is 0.481 e. The minimum atomic E-state index is -3.50. The molecule has 1 aliphatic rings. The molecule has 0 saturated carbocycles. The van der Waals surface area contributed by atoms with Crippen LogP contribution in [0.15, 0.2) is 48.5 Å². The average molecular weight is 555 g/mol. The van der Waals surface area contributed by atoms with Crippen molar-refractivity contribution in [1.82, 2.24) is 4.90 Å². The lowest BCUT2D eigenvalue weighted by Crippen LogP contribution is -2.59. The third-order valence-corrected chi connectivity index (χ3v) is 10.2. The highest BCUT2D eigenvalue weighted by Gasteiger charge is 2.53. The van der Waals surface area contributed by atoms with Gasteiger partial charge in [-0.15, -0.1) is 0 Å². The van der Waals surface area contributed by atoms with E-state index >= 15 is 0 Å². The summed E-state index contributed by atoms with van der Waals surface area (Å²) in [5, 5.41) is 9.95. The molecule has 0 radical (unpaired) electrons. The summed E-state index contributed by atoms with van der Waals surface area (Å²) < 4.78 is 26.0. The van der Waals surface area contributed by atoms with Gasteiger partial charge in [0.25, 0.3) is 0 Å². The lowest BCUT2D eigenvalue weighted by Gasteiger charge is -2.52. The number of halogens is 2. The fraction of sp³-hybridized carbons (Fsp3) is 0.481. The zero-order chi connectivity index (χ0) is 26.8.